The maximum atomic E-state index is 9.44. The average molecular weight is 278 g/mol. The van der Waals surface area contributed by atoms with Crippen LogP contribution in [0.25, 0.3) is 0 Å². The highest BCUT2D eigenvalue weighted by molar-refractivity contribution is 5.55. The number of ether oxygens (including phenoxy) is 1. The van der Waals surface area contributed by atoms with Gasteiger partial charge in [0, 0.05) is 25.3 Å². The fourth-order valence-corrected chi connectivity index (χ4v) is 2.93. The molecule has 0 aromatic heterocycles. The summed E-state index contributed by atoms with van der Waals surface area (Å²) in [5.74, 6) is 0. The standard InChI is InChI=1S/C16H26N2O2/c1-12-5-6-15(13(7-12)8-17-4)18-9-14(10-19)20-16(2,3)11-18/h5-7,14,17,19H,8-11H2,1-4H3. The normalized spacial score (nSPS) is 22.1. The van der Waals surface area contributed by atoms with E-state index in [1.54, 1.807) is 0 Å². The maximum Gasteiger partial charge on any atom is 0.0988 e. The molecule has 1 aliphatic rings. The zero-order chi connectivity index (χ0) is 14.8. The minimum absolute atomic E-state index is 0.0627. The number of nitrogens with one attached hydrogen (secondary N) is 1. The van der Waals surface area contributed by atoms with E-state index >= 15 is 0 Å². The van der Waals surface area contributed by atoms with Crippen molar-refractivity contribution in [1.82, 2.24) is 5.32 Å². The second-order valence-electron chi connectivity index (χ2n) is 6.23. The summed E-state index contributed by atoms with van der Waals surface area (Å²) in [5, 5.41) is 12.7. The first kappa shape index (κ1) is 15.3. The van der Waals surface area contributed by atoms with Crippen molar-refractivity contribution < 1.29 is 9.84 Å². The Balaban J connectivity index is 2.29. The molecule has 1 aliphatic heterocycles. The molecule has 112 valence electrons. The lowest BCUT2D eigenvalue weighted by Gasteiger charge is -2.44. The van der Waals surface area contributed by atoms with E-state index in [1.165, 1.54) is 16.8 Å². The summed E-state index contributed by atoms with van der Waals surface area (Å²) in [4.78, 5) is 2.33. The summed E-state index contributed by atoms with van der Waals surface area (Å²) >= 11 is 0. The third kappa shape index (κ3) is 3.51. The monoisotopic (exact) mass is 278 g/mol. The van der Waals surface area contributed by atoms with Gasteiger partial charge in [-0.15, -0.1) is 0 Å². The van der Waals surface area contributed by atoms with Crippen LogP contribution in [-0.2, 0) is 11.3 Å². The van der Waals surface area contributed by atoms with Gasteiger partial charge in [-0.2, -0.15) is 0 Å². The number of anilines is 1. The number of aliphatic hydroxyl groups excluding tert-OH is 1. The molecule has 0 radical (unpaired) electrons. The van der Waals surface area contributed by atoms with Crippen LogP contribution < -0.4 is 10.2 Å². The lowest BCUT2D eigenvalue weighted by Crippen LogP contribution is -2.54. The molecule has 4 nitrogen and oxygen atoms in total. The van der Waals surface area contributed by atoms with Gasteiger partial charge in [-0.1, -0.05) is 17.7 Å². The molecule has 2 N–H and O–H groups in total. The first-order valence-electron chi connectivity index (χ1n) is 7.23. The number of morpholine rings is 1. The summed E-state index contributed by atoms with van der Waals surface area (Å²) in [6.07, 6.45) is -0.123. The van der Waals surface area contributed by atoms with Gasteiger partial charge in [0.05, 0.1) is 18.3 Å². The molecule has 1 aromatic carbocycles. The highest BCUT2D eigenvalue weighted by Crippen LogP contribution is 2.29. The third-order valence-electron chi connectivity index (χ3n) is 3.63. The molecule has 1 unspecified atom stereocenters. The van der Waals surface area contributed by atoms with Crippen molar-refractivity contribution in [3.05, 3.63) is 29.3 Å². The van der Waals surface area contributed by atoms with Gasteiger partial charge >= 0.3 is 0 Å². The zero-order valence-corrected chi connectivity index (χ0v) is 12.9. The van der Waals surface area contributed by atoms with Gasteiger partial charge in [-0.25, -0.2) is 0 Å². The lowest BCUT2D eigenvalue weighted by molar-refractivity contribution is -0.101. The average Bonchev–Trinajstić information content (AvgIpc) is 2.37. The predicted octanol–water partition coefficient (Wildman–Crippen LogP) is 1.69. The minimum atomic E-state index is -0.243. The Morgan fingerprint density at radius 3 is 2.85 bits per heavy atom. The molecule has 2 rings (SSSR count). The van der Waals surface area contributed by atoms with Crippen LogP contribution in [-0.4, -0.2) is 43.6 Å². The maximum absolute atomic E-state index is 9.44. The summed E-state index contributed by atoms with van der Waals surface area (Å²) < 4.78 is 5.89. The van der Waals surface area contributed by atoms with Gasteiger partial charge < -0.3 is 20.1 Å². The van der Waals surface area contributed by atoms with Crippen molar-refractivity contribution in [2.45, 2.75) is 39.0 Å². The van der Waals surface area contributed by atoms with Gasteiger partial charge in [0.2, 0.25) is 0 Å². The molecule has 1 saturated heterocycles. The molecule has 4 heteroatoms. The molecule has 1 heterocycles. The van der Waals surface area contributed by atoms with E-state index in [0.29, 0.717) is 0 Å². The first-order chi connectivity index (χ1) is 9.45. The number of rotatable bonds is 4. The first-order valence-corrected chi connectivity index (χ1v) is 7.23. The molecular formula is C16H26N2O2. The number of hydrogen-bond acceptors (Lipinski definition) is 4. The van der Waals surface area contributed by atoms with Crippen LogP contribution in [0, 0.1) is 6.92 Å². The van der Waals surface area contributed by atoms with Crippen molar-refractivity contribution in [1.29, 1.82) is 0 Å². The van der Waals surface area contributed by atoms with Crippen LogP contribution in [0.3, 0.4) is 0 Å². The summed E-state index contributed by atoms with van der Waals surface area (Å²) in [6, 6.07) is 6.55. The van der Waals surface area contributed by atoms with E-state index in [2.05, 4.69) is 49.2 Å². The highest BCUT2D eigenvalue weighted by atomic mass is 16.5. The van der Waals surface area contributed by atoms with Crippen molar-refractivity contribution in [2.75, 3.05) is 31.6 Å². The van der Waals surface area contributed by atoms with E-state index < -0.39 is 0 Å². The van der Waals surface area contributed by atoms with Crippen molar-refractivity contribution >= 4 is 5.69 Å². The molecular weight excluding hydrogens is 252 g/mol. The summed E-state index contributed by atoms with van der Waals surface area (Å²) in [7, 11) is 1.96. The van der Waals surface area contributed by atoms with E-state index in [9.17, 15) is 5.11 Å². The quantitative estimate of drug-likeness (QED) is 0.880. The number of aliphatic hydroxyl groups is 1. The molecule has 1 atom stereocenters. The second-order valence-corrected chi connectivity index (χ2v) is 6.23. The van der Waals surface area contributed by atoms with Gasteiger partial charge in [-0.3, -0.25) is 0 Å². The van der Waals surface area contributed by atoms with Crippen LogP contribution >= 0.6 is 0 Å². The fourth-order valence-electron chi connectivity index (χ4n) is 2.93. The number of nitrogens with zero attached hydrogens (tertiary/aromatic N) is 1. The molecule has 0 aliphatic carbocycles. The Labute approximate surface area is 121 Å². The fraction of sp³-hybridized carbons (Fsp3) is 0.625. The highest BCUT2D eigenvalue weighted by Gasteiger charge is 2.33. The third-order valence-corrected chi connectivity index (χ3v) is 3.63. The Morgan fingerprint density at radius 2 is 2.20 bits per heavy atom. The van der Waals surface area contributed by atoms with Gasteiger partial charge in [0.25, 0.3) is 0 Å². The van der Waals surface area contributed by atoms with E-state index in [0.717, 1.165) is 19.6 Å². The van der Waals surface area contributed by atoms with Gasteiger partial charge in [-0.05, 0) is 39.4 Å². The van der Waals surface area contributed by atoms with E-state index in [-0.39, 0.29) is 18.3 Å². The lowest BCUT2D eigenvalue weighted by atomic mass is 10.0. The van der Waals surface area contributed by atoms with E-state index in [1.807, 2.05) is 7.05 Å². The molecule has 1 aromatic rings. The predicted molar refractivity (Wildman–Crippen MR) is 82.2 cm³/mol. The van der Waals surface area contributed by atoms with Crippen LogP contribution in [0.15, 0.2) is 18.2 Å². The van der Waals surface area contributed by atoms with Crippen molar-refractivity contribution in [2.24, 2.45) is 0 Å². The molecule has 0 saturated carbocycles. The molecule has 0 amide bonds. The Kier molecular flexibility index (Phi) is 4.68. The van der Waals surface area contributed by atoms with Crippen molar-refractivity contribution in [3.63, 3.8) is 0 Å². The van der Waals surface area contributed by atoms with Crippen LogP contribution in [0.2, 0.25) is 0 Å². The molecule has 20 heavy (non-hydrogen) atoms. The number of hydrogen-bond donors (Lipinski definition) is 2. The topological polar surface area (TPSA) is 44.7 Å². The van der Waals surface area contributed by atoms with Gasteiger partial charge in [0.1, 0.15) is 0 Å². The van der Waals surface area contributed by atoms with Crippen molar-refractivity contribution in [3.8, 4) is 0 Å². The smallest absolute Gasteiger partial charge is 0.0988 e. The summed E-state index contributed by atoms with van der Waals surface area (Å²) in [5.41, 5.74) is 3.56. The van der Waals surface area contributed by atoms with Gasteiger partial charge in [0.15, 0.2) is 0 Å². The van der Waals surface area contributed by atoms with Crippen LogP contribution in [0.4, 0.5) is 5.69 Å². The number of benzene rings is 1. The molecule has 0 bridgehead atoms. The Hall–Kier alpha value is -1.10. The van der Waals surface area contributed by atoms with E-state index in [4.69, 9.17) is 4.74 Å². The molecule has 1 fully saturated rings. The van der Waals surface area contributed by atoms with Crippen LogP contribution in [0.1, 0.15) is 25.0 Å². The van der Waals surface area contributed by atoms with Crippen LogP contribution in [0.5, 0.6) is 0 Å². The number of aryl methyl sites for hydroxylation is 1. The SMILES string of the molecule is CNCc1cc(C)ccc1N1CC(CO)OC(C)(C)C1. The Morgan fingerprint density at radius 1 is 1.45 bits per heavy atom. The molecule has 0 spiro atoms. The summed E-state index contributed by atoms with van der Waals surface area (Å²) in [6.45, 7) is 8.75. The largest absolute Gasteiger partial charge is 0.394 e. The second kappa shape index (κ2) is 6.12. The minimum Gasteiger partial charge on any atom is -0.394 e. The zero-order valence-electron chi connectivity index (χ0n) is 12.9. The Bertz CT molecular complexity index is 460.